The molecule has 2 saturated heterocycles. The first-order chi connectivity index (χ1) is 18.6. The van der Waals surface area contributed by atoms with Crippen molar-refractivity contribution in [3.05, 3.63) is 0 Å². The van der Waals surface area contributed by atoms with Gasteiger partial charge in [0.1, 0.15) is 12.1 Å². The van der Waals surface area contributed by atoms with Gasteiger partial charge in [0.25, 0.3) is 17.4 Å². The molecule has 0 bridgehead atoms. The van der Waals surface area contributed by atoms with E-state index in [1.165, 1.54) is 4.90 Å². The van der Waals surface area contributed by atoms with Crippen LogP contribution in [0.1, 0.15) is 59.3 Å². The maximum absolute atomic E-state index is 13.9. The Morgan fingerprint density at radius 2 is 1.82 bits per heavy atom. The van der Waals surface area contributed by atoms with E-state index in [1.54, 1.807) is 20.8 Å². The first-order valence-electron chi connectivity index (χ1n) is 13.8. The van der Waals surface area contributed by atoms with E-state index < -0.39 is 77.4 Å². The van der Waals surface area contributed by atoms with Gasteiger partial charge in [-0.2, -0.15) is 0 Å². The SMILES string of the molecule is CC(C)(C)[C@H](NC(=O)C1CC(F)(F)C1)C(=O)N1C[C@@H]2CCC[C@@H]2[C@H]1C(=O)NN(C[C@@H]1CCNC1=O)C(=O)[C@H](F)Cl. The van der Waals surface area contributed by atoms with E-state index in [-0.39, 0.29) is 30.8 Å². The summed E-state index contributed by atoms with van der Waals surface area (Å²) in [6.07, 6.45) is 1.49. The number of carbonyl (C=O) groups excluding carboxylic acids is 5. The van der Waals surface area contributed by atoms with Crippen molar-refractivity contribution in [3.8, 4) is 0 Å². The van der Waals surface area contributed by atoms with Crippen LogP contribution in [0.5, 0.6) is 0 Å². The van der Waals surface area contributed by atoms with Crippen LogP contribution < -0.4 is 16.1 Å². The number of rotatable bonds is 7. The third-order valence-electron chi connectivity index (χ3n) is 8.57. The van der Waals surface area contributed by atoms with Crippen LogP contribution in [-0.2, 0) is 24.0 Å². The number of halogens is 4. The lowest BCUT2D eigenvalue weighted by Gasteiger charge is -2.39. The smallest absolute Gasteiger partial charge is 0.291 e. The second-order valence-corrected chi connectivity index (χ2v) is 12.9. The van der Waals surface area contributed by atoms with Gasteiger partial charge >= 0.3 is 0 Å². The monoisotopic (exact) mass is 591 g/mol. The van der Waals surface area contributed by atoms with Gasteiger partial charge in [0, 0.05) is 31.8 Å². The number of nitrogens with one attached hydrogen (secondary N) is 3. The Hall–Kier alpha value is -2.57. The van der Waals surface area contributed by atoms with Gasteiger partial charge in [-0.15, -0.1) is 0 Å². The highest BCUT2D eigenvalue weighted by Crippen LogP contribution is 2.44. The number of fused-ring (bicyclic) bond motifs is 1. The van der Waals surface area contributed by atoms with Crippen LogP contribution >= 0.6 is 11.6 Å². The summed E-state index contributed by atoms with van der Waals surface area (Å²) >= 11 is 5.39. The molecule has 6 atom stereocenters. The van der Waals surface area contributed by atoms with E-state index in [1.807, 2.05) is 0 Å². The Balaban J connectivity index is 1.54. The molecule has 40 heavy (non-hydrogen) atoms. The lowest BCUT2D eigenvalue weighted by molar-refractivity contribution is -0.155. The Morgan fingerprint density at radius 1 is 1.15 bits per heavy atom. The molecule has 3 N–H and O–H groups in total. The van der Waals surface area contributed by atoms with Gasteiger partial charge < -0.3 is 15.5 Å². The third-order valence-corrected chi connectivity index (χ3v) is 8.75. The standard InChI is InChI=1S/C26H37ClF3N5O5/c1-25(2,3)18(32-21(37)15-9-26(29,30)10-15)23(39)34-11-13-5-4-6-16(13)17(34)22(38)33-35(24(40)19(27)28)12-14-7-8-31-20(14)36/h13-19H,4-12H2,1-3H3,(H,31,36)(H,32,37)(H,33,38)/t13-,14-,16-,17-,18+,19-/m0/s1. The molecular weight excluding hydrogens is 555 g/mol. The van der Waals surface area contributed by atoms with E-state index in [0.29, 0.717) is 24.4 Å². The van der Waals surface area contributed by atoms with Crippen LogP contribution in [0.4, 0.5) is 13.2 Å². The van der Waals surface area contributed by atoms with Gasteiger partial charge in [-0.25, -0.2) is 18.2 Å². The Bertz CT molecular complexity index is 1050. The van der Waals surface area contributed by atoms with Crippen LogP contribution in [-0.4, -0.2) is 82.7 Å². The molecule has 10 nitrogen and oxygen atoms in total. The fraction of sp³-hybridized carbons (Fsp3) is 0.808. The fourth-order valence-electron chi connectivity index (χ4n) is 6.34. The molecule has 5 amide bonds. The maximum atomic E-state index is 13.9. The quantitative estimate of drug-likeness (QED) is 0.307. The van der Waals surface area contributed by atoms with Gasteiger partial charge in [-0.3, -0.25) is 29.4 Å². The molecule has 4 fully saturated rings. The van der Waals surface area contributed by atoms with Gasteiger partial charge in [0.05, 0.1) is 12.5 Å². The molecule has 0 radical (unpaired) electrons. The lowest BCUT2D eigenvalue weighted by Crippen LogP contribution is -2.61. The van der Waals surface area contributed by atoms with Gasteiger partial charge in [0.15, 0.2) is 0 Å². The highest BCUT2D eigenvalue weighted by molar-refractivity contribution is 6.29. The van der Waals surface area contributed by atoms with Crippen molar-refractivity contribution < 1.29 is 37.1 Å². The van der Waals surface area contributed by atoms with Crippen molar-refractivity contribution in [2.24, 2.45) is 29.1 Å². The summed E-state index contributed by atoms with van der Waals surface area (Å²) in [5, 5.41) is 5.98. The average molecular weight is 592 g/mol. The van der Waals surface area contributed by atoms with E-state index in [9.17, 15) is 37.1 Å². The molecule has 2 aliphatic carbocycles. The van der Waals surface area contributed by atoms with Crippen LogP contribution in [0, 0.1) is 29.1 Å². The molecule has 14 heteroatoms. The van der Waals surface area contributed by atoms with Gasteiger partial charge in [-0.1, -0.05) is 38.8 Å². The molecule has 0 aromatic carbocycles. The molecule has 4 aliphatic rings. The van der Waals surface area contributed by atoms with Crippen molar-refractivity contribution in [3.63, 3.8) is 0 Å². The fourth-order valence-corrected chi connectivity index (χ4v) is 6.45. The molecule has 0 unspecified atom stereocenters. The van der Waals surface area contributed by atoms with Crippen molar-refractivity contribution >= 4 is 41.1 Å². The minimum absolute atomic E-state index is 0.00746. The number of hydrogen-bond donors (Lipinski definition) is 3. The van der Waals surface area contributed by atoms with Crippen LogP contribution in [0.3, 0.4) is 0 Å². The van der Waals surface area contributed by atoms with Crippen molar-refractivity contribution in [1.82, 2.24) is 26.0 Å². The van der Waals surface area contributed by atoms with E-state index >= 15 is 0 Å². The summed E-state index contributed by atoms with van der Waals surface area (Å²) in [6, 6.07) is -2.11. The predicted octanol–water partition coefficient (Wildman–Crippen LogP) is 1.72. The van der Waals surface area contributed by atoms with Crippen LogP contribution in [0.15, 0.2) is 0 Å². The first-order valence-corrected chi connectivity index (χ1v) is 14.2. The number of amides is 5. The average Bonchev–Trinajstić information content (AvgIpc) is 3.54. The zero-order valence-electron chi connectivity index (χ0n) is 22.9. The zero-order valence-corrected chi connectivity index (χ0v) is 23.6. The summed E-state index contributed by atoms with van der Waals surface area (Å²) in [5.41, 5.74) is -0.839. The number of likely N-dealkylation sites (tertiary alicyclic amines) is 1. The number of nitrogens with zero attached hydrogens (tertiary/aromatic N) is 2. The molecule has 2 heterocycles. The van der Waals surface area contributed by atoms with Crippen molar-refractivity contribution in [2.45, 2.75) is 82.9 Å². The summed E-state index contributed by atoms with van der Waals surface area (Å²) < 4.78 is 40.6. The normalized spacial score (nSPS) is 29.2. The second kappa shape index (κ2) is 11.4. The van der Waals surface area contributed by atoms with Gasteiger partial charge in [0.2, 0.25) is 23.6 Å². The molecule has 2 aliphatic heterocycles. The highest BCUT2D eigenvalue weighted by atomic mass is 35.5. The molecule has 0 aromatic rings. The Labute approximate surface area is 236 Å². The molecule has 0 spiro atoms. The molecular formula is C26H37ClF3N5O5. The second-order valence-electron chi connectivity index (χ2n) is 12.6. The van der Waals surface area contributed by atoms with Crippen molar-refractivity contribution in [1.29, 1.82) is 0 Å². The summed E-state index contributed by atoms with van der Waals surface area (Å²) in [6.45, 7) is 5.52. The van der Waals surface area contributed by atoms with E-state index in [0.717, 1.165) is 12.8 Å². The largest absolute Gasteiger partial charge is 0.356 e. The maximum Gasteiger partial charge on any atom is 0.291 e. The van der Waals surface area contributed by atoms with E-state index in [4.69, 9.17) is 11.6 Å². The Morgan fingerprint density at radius 3 is 2.38 bits per heavy atom. The summed E-state index contributed by atoms with van der Waals surface area (Å²) in [7, 11) is 0. The Kier molecular flexibility index (Phi) is 8.64. The van der Waals surface area contributed by atoms with Gasteiger partial charge in [-0.05, 0) is 36.5 Å². The third kappa shape index (κ3) is 6.33. The van der Waals surface area contributed by atoms with Crippen LogP contribution in [0.2, 0.25) is 0 Å². The molecule has 0 aromatic heterocycles. The minimum atomic E-state index is -2.90. The minimum Gasteiger partial charge on any atom is -0.356 e. The lowest BCUT2D eigenvalue weighted by atomic mass is 9.79. The van der Waals surface area contributed by atoms with Crippen LogP contribution in [0.25, 0.3) is 0 Å². The topological polar surface area (TPSA) is 128 Å². The van der Waals surface area contributed by atoms with E-state index in [2.05, 4.69) is 16.1 Å². The summed E-state index contributed by atoms with van der Waals surface area (Å²) in [4.78, 5) is 66.4. The highest BCUT2D eigenvalue weighted by Gasteiger charge is 2.54. The number of hydrogen-bond acceptors (Lipinski definition) is 5. The predicted molar refractivity (Wildman–Crippen MR) is 137 cm³/mol. The molecule has 2 saturated carbocycles. The van der Waals surface area contributed by atoms with Crippen molar-refractivity contribution in [2.75, 3.05) is 19.6 Å². The first kappa shape index (κ1) is 30.4. The molecule has 4 rings (SSSR count). The molecule has 224 valence electrons. The number of hydrazine groups is 1. The summed E-state index contributed by atoms with van der Waals surface area (Å²) in [5.74, 6) is -8.14. The number of carbonyl (C=O) groups is 5. The zero-order chi connectivity index (χ0) is 29.6. The number of alkyl halides is 4.